The predicted octanol–water partition coefficient (Wildman–Crippen LogP) is 3.21. The third-order valence-electron chi connectivity index (χ3n) is 5.60. The number of rotatable bonds is 6. The second-order valence-electron chi connectivity index (χ2n) is 7.56. The number of benzene rings is 2. The van der Waals surface area contributed by atoms with Crippen LogP contribution in [-0.2, 0) is 24.3 Å². The van der Waals surface area contributed by atoms with Crippen LogP contribution in [0.15, 0.2) is 54.6 Å². The Morgan fingerprint density at radius 3 is 2.81 bits per heavy atom. The molecular weight excluding hydrogens is 406 g/mol. The molecule has 0 spiro atoms. The maximum Gasteiger partial charge on any atom is 0.249 e. The van der Waals surface area contributed by atoms with E-state index in [2.05, 4.69) is 17.4 Å². The summed E-state index contributed by atoms with van der Waals surface area (Å²) in [5.41, 5.74) is 9.80. The van der Waals surface area contributed by atoms with Crippen LogP contribution in [0.2, 0.25) is 0 Å². The molecule has 0 radical (unpaired) electrons. The highest BCUT2D eigenvalue weighted by molar-refractivity contribution is 6.06. The van der Waals surface area contributed by atoms with Gasteiger partial charge in [0.1, 0.15) is 5.82 Å². The van der Waals surface area contributed by atoms with Crippen molar-refractivity contribution in [1.29, 1.82) is 0 Å². The van der Waals surface area contributed by atoms with E-state index in [4.69, 9.17) is 25.2 Å². The molecule has 0 aliphatic carbocycles. The van der Waals surface area contributed by atoms with Crippen molar-refractivity contribution in [2.75, 3.05) is 19.0 Å². The number of carbonyl (C=O) groups is 1. The van der Waals surface area contributed by atoms with Crippen molar-refractivity contribution in [2.24, 2.45) is 5.73 Å². The van der Waals surface area contributed by atoms with Gasteiger partial charge in [0, 0.05) is 35.5 Å². The average Bonchev–Trinajstić information content (AvgIpc) is 3.21. The number of nitrogens with zero attached hydrogens (tertiary/aromatic N) is 3. The van der Waals surface area contributed by atoms with Crippen LogP contribution in [0.1, 0.15) is 27.2 Å². The van der Waals surface area contributed by atoms with Crippen molar-refractivity contribution in [3.8, 4) is 11.8 Å². The first-order valence-corrected chi connectivity index (χ1v) is 10.4. The van der Waals surface area contributed by atoms with Gasteiger partial charge in [0.25, 0.3) is 0 Å². The molecule has 0 saturated heterocycles. The number of anilines is 1. The lowest BCUT2D eigenvalue weighted by Gasteiger charge is -2.21. The number of carbonyl (C=O) groups excluding carboxylic acids is 1. The van der Waals surface area contributed by atoms with Crippen LogP contribution in [0, 0.1) is 0 Å². The van der Waals surface area contributed by atoms with Gasteiger partial charge < -0.3 is 20.5 Å². The number of aromatic nitrogens is 3. The molecule has 1 aliphatic rings. The number of hydrogen-bond donors (Lipinski definition) is 2. The lowest BCUT2D eigenvalue weighted by atomic mass is 10.1. The number of nitrogens with two attached hydrogens (primary N) is 1. The van der Waals surface area contributed by atoms with Crippen LogP contribution in [0.5, 0.6) is 5.88 Å². The summed E-state index contributed by atoms with van der Waals surface area (Å²) in [6.45, 7) is 1.69. The Morgan fingerprint density at radius 1 is 1.19 bits per heavy atom. The third-order valence-corrected chi connectivity index (χ3v) is 5.60. The Kier molecular flexibility index (Phi) is 5.20. The highest BCUT2D eigenvalue weighted by Crippen LogP contribution is 2.32. The zero-order valence-electron chi connectivity index (χ0n) is 17.7. The number of ether oxygens (including phenoxy) is 2. The minimum absolute atomic E-state index is 0.424. The van der Waals surface area contributed by atoms with Crippen molar-refractivity contribution in [1.82, 2.24) is 14.5 Å². The monoisotopic (exact) mass is 429 g/mol. The molecule has 5 rings (SSSR count). The number of amides is 1. The summed E-state index contributed by atoms with van der Waals surface area (Å²) in [5.74, 6) is 1.22. The number of fused-ring (bicyclic) bond motifs is 2. The lowest BCUT2D eigenvalue weighted by molar-refractivity contribution is 0.100. The maximum atomic E-state index is 11.9. The Hall–Kier alpha value is -3.91. The van der Waals surface area contributed by atoms with Crippen molar-refractivity contribution in [3.05, 3.63) is 77.0 Å². The van der Waals surface area contributed by atoms with Gasteiger partial charge in [0.2, 0.25) is 17.7 Å². The van der Waals surface area contributed by atoms with E-state index in [0.29, 0.717) is 49.0 Å². The van der Waals surface area contributed by atoms with E-state index in [1.165, 1.54) is 0 Å². The molecule has 32 heavy (non-hydrogen) atoms. The minimum Gasteiger partial charge on any atom is -0.482 e. The SMILES string of the molecule is COc1cc2c(C(N)=O)cccc2n1-c1nc2c(c(NCc3ccccc3)n1)COCC2. The minimum atomic E-state index is -0.496. The molecule has 0 bridgehead atoms. The largest absolute Gasteiger partial charge is 0.482 e. The van der Waals surface area contributed by atoms with Crippen molar-refractivity contribution >= 4 is 22.6 Å². The Morgan fingerprint density at radius 2 is 2.03 bits per heavy atom. The van der Waals surface area contributed by atoms with Gasteiger partial charge in [0.05, 0.1) is 31.5 Å². The molecule has 162 valence electrons. The fourth-order valence-electron chi connectivity index (χ4n) is 4.02. The summed E-state index contributed by atoms with van der Waals surface area (Å²) in [4.78, 5) is 21.6. The zero-order chi connectivity index (χ0) is 22.1. The van der Waals surface area contributed by atoms with Crippen LogP contribution in [-0.4, -0.2) is 34.2 Å². The summed E-state index contributed by atoms with van der Waals surface area (Å²) in [6.07, 6.45) is 0.693. The Bertz CT molecular complexity index is 1300. The molecule has 0 atom stereocenters. The maximum absolute atomic E-state index is 11.9. The fourth-order valence-corrected chi connectivity index (χ4v) is 4.02. The lowest BCUT2D eigenvalue weighted by Crippen LogP contribution is -2.19. The summed E-state index contributed by atoms with van der Waals surface area (Å²) in [5, 5.41) is 4.14. The van der Waals surface area contributed by atoms with Crippen LogP contribution >= 0.6 is 0 Å². The van der Waals surface area contributed by atoms with E-state index >= 15 is 0 Å². The summed E-state index contributed by atoms with van der Waals surface area (Å²) in [7, 11) is 1.58. The molecule has 0 unspecified atom stereocenters. The van der Waals surface area contributed by atoms with Gasteiger partial charge in [-0.1, -0.05) is 36.4 Å². The molecule has 8 nitrogen and oxygen atoms in total. The van der Waals surface area contributed by atoms with Crippen LogP contribution in [0.4, 0.5) is 5.82 Å². The number of nitrogens with one attached hydrogen (secondary N) is 1. The summed E-state index contributed by atoms with van der Waals surface area (Å²) < 4.78 is 13.1. The van der Waals surface area contributed by atoms with E-state index in [9.17, 15) is 4.79 Å². The van der Waals surface area contributed by atoms with Crippen LogP contribution in [0.25, 0.3) is 16.9 Å². The smallest absolute Gasteiger partial charge is 0.249 e. The fraction of sp³-hybridized carbons (Fsp3) is 0.208. The second kappa shape index (κ2) is 8.32. The molecule has 3 N–H and O–H groups in total. The normalized spacial score (nSPS) is 13.0. The first-order valence-electron chi connectivity index (χ1n) is 10.4. The predicted molar refractivity (Wildman–Crippen MR) is 121 cm³/mol. The van der Waals surface area contributed by atoms with Gasteiger partial charge in [0.15, 0.2) is 0 Å². The summed E-state index contributed by atoms with van der Waals surface area (Å²) >= 11 is 0. The third kappa shape index (κ3) is 3.54. The Labute approximate surface area is 185 Å². The summed E-state index contributed by atoms with van der Waals surface area (Å²) in [6, 6.07) is 17.3. The van der Waals surface area contributed by atoms with Gasteiger partial charge in [-0.3, -0.25) is 4.79 Å². The highest BCUT2D eigenvalue weighted by Gasteiger charge is 2.22. The zero-order valence-corrected chi connectivity index (χ0v) is 17.7. The van der Waals surface area contributed by atoms with Crippen molar-refractivity contribution in [2.45, 2.75) is 19.6 Å². The molecular formula is C24H23N5O3. The molecule has 2 aromatic heterocycles. The average molecular weight is 429 g/mol. The molecule has 0 saturated carbocycles. The quantitative estimate of drug-likeness (QED) is 0.488. The van der Waals surface area contributed by atoms with Gasteiger partial charge in [-0.15, -0.1) is 0 Å². The van der Waals surface area contributed by atoms with Gasteiger partial charge in [-0.2, -0.15) is 4.98 Å². The molecule has 2 aromatic carbocycles. The second-order valence-corrected chi connectivity index (χ2v) is 7.56. The molecule has 0 fully saturated rings. The van der Waals surface area contributed by atoms with Gasteiger partial charge in [-0.25, -0.2) is 9.55 Å². The number of methoxy groups -OCH3 is 1. The topological polar surface area (TPSA) is 104 Å². The van der Waals surface area contributed by atoms with E-state index in [0.717, 1.165) is 28.2 Å². The number of hydrogen-bond acceptors (Lipinski definition) is 6. The van der Waals surface area contributed by atoms with Crippen LogP contribution in [0.3, 0.4) is 0 Å². The molecule has 1 amide bonds. The highest BCUT2D eigenvalue weighted by atomic mass is 16.5. The van der Waals surface area contributed by atoms with E-state index < -0.39 is 5.91 Å². The van der Waals surface area contributed by atoms with Crippen LogP contribution < -0.4 is 15.8 Å². The van der Waals surface area contributed by atoms with Gasteiger partial charge in [-0.05, 0) is 17.7 Å². The first kappa shape index (κ1) is 20.0. The van der Waals surface area contributed by atoms with Gasteiger partial charge >= 0.3 is 0 Å². The standard InChI is InChI=1S/C24H23N5O3/c1-31-21-12-17-16(22(25)30)8-5-9-20(17)29(21)24-27-19-10-11-32-14-18(19)23(28-24)26-13-15-6-3-2-4-7-15/h2-9,12H,10-11,13-14H2,1H3,(H2,25,30)(H,26,27,28). The van der Waals surface area contributed by atoms with E-state index in [1.807, 2.05) is 28.8 Å². The van der Waals surface area contributed by atoms with E-state index in [-0.39, 0.29) is 0 Å². The first-order chi connectivity index (χ1) is 15.7. The molecule has 1 aliphatic heterocycles. The molecule has 4 aromatic rings. The molecule has 3 heterocycles. The molecule has 8 heteroatoms. The van der Waals surface area contributed by atoms with Crippen molar-refractivity contribution in [3.63, 3.8) is 0 Å². The van der Waals surface area contributed by atoms with E-state index in [1.54, 1.807) is 25.3 Å². The number of primary amides is 1. The Balaban J connectivity index is 1.64. The van der Waals surface area contributed by atoms with Crippen molar-refractivity contribution < 1.29 is 14.3 Å².